The van der Waals surface area contributed by atoms with Crippen molar-refractivity contribution in [1.82, 2.24) is 20.5 Å². The maximum atomic E-state index is 5.39. The lowest BCUT2D eigenvalue weighted by atomic mass is 10.1. The van der Waals surface area contributed by atoms with E-state index in [9.17, 15) is 0 Å². The molecular formula is C20H32IN5O. The molecule has 0 spiro atoms. The van der Waals surface area contributed by atoms with Crippen molar-refractivity contribution in [2.75, 3.05) is 52.5 Å². The summed E-state index contributed by atoms with van der Waals surface area (Å²) in [6.07, 6.45) is 3.10. The minimum Gasteiger partial charge on any atom is -0.379 e. The number of halogens is 1. The SMILES string of the molecule is CCNC(=NCCN1CCOCC1)NCCc1c[nH]c2c(C)cccc12.I. The van der Waals surface area contributed by atoms with Gasteiger partial charge in [-0.25, -0.2) is 0 Å². The number of morpholine rings is 1. The number of H-pyrrole nitrogens is 1. The van der Waals surface area contributed by atoms with Crippen LogP contribution in [0.15, 0.2) is 29.4 Å². The molecule has 2 aromatic rings. The van der Waals surface area contributed by atoms with Crippen molar-refractivity contribution in [3.05, 3.63) is 35.5 Å². The van der Waals surface area contributed by atoms with E-state index >= 15 is 0 Å². The number of ether oxygens (including phenoxy) is 1. The minimum atomic E-state index is 0. The molecule has 0 radical (unpaired) electrons. The van der Waals surface area contributed by atoms with E-state index in [-0.39, 0.29) is 24.0 Å². The standard InChI is InChI=1S/C20H31N5O.HI/c1-3-21-20(23-9-10-25-11-13-26-14-12-25)22-8-7-17-15-24-19-16(2)5-4-6-18(17)19;/h4-6,15,24H,3,7-14H2,1-2H3,(H2,21,22,23);1H. The molecule has 1 aliphatic rings. The third-order valence-corrected chi connectivity index (χ3v) is 4.83. The van der Waals surface area contributed by atoms with Gasteiger partial charge in [0.2, 0.25) is 0 Å². The van der Waals surface area contributed by atoms with Gasteiger partial charge in [-0.2, -0.15) is 0 Å². The van der Waals surface area contributed by atoms with Crippen LogP contribution in [0.1, 0.15) is 18.1 Å². The lowest BCUT2D eigenvalue weighted by molar-refractivity contribution is 0.0394. The molecule has 2 heterocycles. The summed E-state index contributed by atoms with van der Waals surface area (Å²) in [6, 6.07) is 6.46. The predicted molar refractivity (Wildman–Crippen MR) is 123 cm³/mol. The Balaban J connectivity index is 0.00000261. The molecule has 0 saturated carbocycles. The topological polar surface area (TPSA) is 64.7 Å². The summed E-state index contributed by atoms with van der Waals surface area (Å²) in [6.45, 7) is 11.5. The molecule has 0 aliphatic carbocycles. The van der Waals surface area contributed by atoms with Gasteiger partial charge in [-0.3, -0.25) is 9.89 Å². The first-order valence-corrected chi connectivity index (χ1v) is 9.66. The number of hydrogen-bond donors (Lipinski definition) is 3. The van der Waals surface area contributed by atoms with Gasteiger partial charge in [-0.1, -0.05) is 18.2 Å². The highest BCUT2D eigenvalue weighted by molar-refractivity contribution is 14.0. The van der Waals surface area contributed by atoms with Crippen LogP contribution in [0, 0.1) is 6.92 Å². The van der Waals surface area contributed by atoms with Crippen LogP contribution >= 0.6 is 24.0 Å². The molecule has 1 aliphatic heterocycles. The summed E-state index contributed by atoms with van der Waals surface area (Å²) in [5, 5.41) is 8.11. The number of aliphatic imine (C=N–C) groups is 1. The van der Waals surface area contributed by atoms with Crippen molar-refractivity contribution in [3.63, 3.8) is 0 Å². The molecule has 0 amide bonds. The fourth-order valence-electron chi connectivity index (χ4n) is 3.36. The molecule has 1 aromatic carbocycles. The van der Waals surface area contributed by atoms with Gasteiger partial charge >= 0.3 is 0 Å². The molecule has 1 fully saturated rings. The van der Waals surface area contributed by atoms with Gasteiger partial charge in [0.25, 0.3) is 0 Å². The second-order valence-corrected chi connectivity index (χ2v) is 6.70. The normalized spacial score (nSPS) is 15.6. The number of nitrogens with zero attached hydrogens (tertiary/aromatic N) is 2. The summed E-state index contributed by atoms with van der Waals surface area (Å²) in [7, 11) is 0. The van der Waals surface area contributed by atoms with Crippen LogP contribution in [0.5, 0.6) is 0 Å². The number of benzene rings is 1. The van der Waals surface area contributed by atoms with Crippen molar-refractivity contribution in [2.45, 2.75) is 20.3 Å². The molecule has 0 bridgehead atoms. The van der Waals surface area contributed by atoms with Gasteiger partial charge in [-0.05, 0) is 31.4 Å². The number of rotatable bonds is 7. The maximum absolute atomic E-state index is 5.39. The number of guanidine groups is 1. The zero-order valence-corrected chi connectivity index (χ0v) is 18.7. The first-order chi connectivity index (χ1) is 12.8. The molecule has 3 N–H and O–H groups in total. The minimum absolute atomic E-state index is 0. The van der Waals surface area contributed by atoms with Crippen molar-refractivity contribution in [2.24, 2.45) is 4.99 Å². The van der Waals surface area contributed by atoms with E-state index in [0.717, 1.165) is 64.9 Å². The second-order valence-electron chi connectivity index (χ2n) is 6.70. The number of hydrogen-bond acceptors (Lipinski definition) is 3. The Hall–Kier alpha value is -1.32. The molecule has 3 rings (SSSR count). The molecule has 7 heteroatoms. The van der Waals surface area contributed by atoms with Crippen molar-refractivity contribution < 1.29 is 4.74 Å². The average molecular weight is 485 g/mol. The lowest BCUT2D eigenvalue weighted by Crippen LogP contribution is -2.40. The molecule has 1 saturated heterocycles. The van der Waals surface area contributed by atoms with Gasteiger partial charge < -0.3 is 20.4 Å². The highest BCUT2D eigenvalue weighted by Gasteiger charge is 2.09. The first kappa shape index (κ1) is 22.0. The Kier molecular flexibility index (Phi) is 9.36. The molecule has 6 nitrogen and oxygen atoms in total. The number of nitrogens with one attached hydrogen (secondary N) is 3. The zero-order chi connectivity index (χ0) is 18.2. The average Bonchev–Trinajstić information content (AvgIpc) is 3.07. The van der Waals surface area contributed by atoms with Crippen molar-refractivity contribution in [1.29, 1.82) is 0 Å². The van der Waals surface area contributed by atoms with E-state index in [1.54, 1.807) is 0 Å². The van der Waals surface area contributed by atoms with Crippen LogP contribution in [0.2, 0.25) is 0 Å². The smallest absolute Gasteiger partial charge is 0.191 e. The number of aromatic nitrogens is 1. The molecule has 0 atom stereocenters. The first-order valence-electron chi connectivity index (χ1n) is 9.66. The third-order valence-electron chi connectivity index (χ3n) is 4.83. The summed E-state index contributed by atoms with van der Waals surface area (Å²) in [5.74, 6) is 0.900. The summed E-state index contributed by atoms with van der Waals surface area (Å²) < 4.78 is 5.39. The van der Waals surface area contributed by atoms with E-state index < -0.39 is 0 Å². The molecule has 0 unspecified atom stereocenters. The van der Waals surface area contributed by atoms with Crippen LogP contribution in [0.3, 0.4) is 0 Å². The Morgan fingerprint density at radius 2 is 2.07 bits per heavy atom. The van der Waals surface area contributed by atoms with Gasteiger partial charge in [0.15, 0.2) is 5.96 Å². The van der Waals surface area contributed by atoms with E-state index in [2.05, 4.69) is 58.8 Å². The number of aryl methyl sites for hydroxylation is 1. The van der Waals surface area contributed by atoms with Gasteiger partial charge in [0.05, 0.1) is 19.8 Å². The summed E-state index contributed by atoms with van der Waals surface area (Å²) in [4.78, 5) is 10.5. The highest BCUT2D eigenvalue weighted by atomic mass is 127. The Morgan fingerprint density at radius 1 is 1.26 bits per heavy atom. The van der Waals surface area contributed by atoms with E-state index in [4.69, 9.17) is 9.73 Å². The number of para-hydroxylation sites is 1. The molecule has 1 aromatic heterocycles. The third kappa shape index (κ3) is 6.36. The molecule has 27 heavy (non-hydrogen) atoms. The molecular weight excluding hydrogens is 453 g/mol. The maximum Gasteiger partial charge on any atom is 0.191 e. The second kappa shape index (κ2) is 11.5. The van der Waals surface area contributed by atoms with E-state index in [1.165, 1.54) is 22.0 Å². The largest absolute Gasteiger partial charge is 0.379 e. The van der Waals surface area contributed by atoms with Gasteiger partial charge in [0.1, 0.15) is 0 Å². The van der Waals surface area contributed by atoms with Gasteiger partial charge in [-0.15, -0.1) is 24.0 Å². The van der Waals surface area contributed by atoms with Crippen LogP contribution in [-0.2, 0) is 11.2 Å². The Morgan fingerprint density at radius 3 is 2.85 bits per heavy atom. The monoisotopic (exact) mass is 485 g/mol. The van der Waals surface area contributed by atoms with Crippen molar-refractivity contribution >= 4 is 40.8 Å². The van der Waals surface area contributed by atoms with E-state index in [1.807, 2.05) is 0 Å². The number of fused-ring (bicyclic) bond motifs is 1. The summed E-state index contributed by atoms with van der Waals surface area (Å²) >= 11 is 0. The van der Waals surface area contributed by atoms with Crippen LogP contribution in [-0.4, -0.2) is 68.3 Å². The quantitative estimate of drug-likeness (QED) is 0.321. The fourth-order valence-corrected chi connectivity index (χ4v) is 3.36. The van der Waals surface area contributed by atoms with Crippen LogP contribution in [0.4, 0.5) is 0 Å². The zero-order valence-electron chi connectivity index (χ0n) is 16.4. The van der Waals surface area contributed by atoms with Crippen molar-refractivity contribution in [3.8, 4) is 0 Å². The van der Waals surface area contributed by atoms with Crippen LogP contribution < -0.4 is 10.6 Å². The Labute approximate surface area is 179 Å². The van der Waals surface area contributed by atoms with Crippen LogP contribution in [0.25, 0.3) is 10.9 Å². The lowest BCUT2D eigenvalue weighted by Gasteiger charge is -2.25. The van der Waals surface area contributed by atoms with Gasteiger partial charge in [0, 0.05) is 49.8 Å². The molecule has 150 valence electrons. The predicted octanol–water partition coefficient (Wildman–Crippen LogP) is 2.52. The van der Waals surface area contributed by atoms with E-state index in [0.29, 0.717) is 0 Å². The number of aromatic amines is 1. The highest BCUT2D eigenvalue weighted by Crippen LogP contribution is 2.21. The summed E-state index contributed by atoms with van der Waals surface area (Å²) in [5.41, 5.74) is 3.88. The Bertz CT molecular complexity index is 724. The fraction of sp³-hybridized carbons (Fsp3) is 0.550.